The van der Waals surface area contributed by atoms with E-state index in [2.05, 4.69) is 9.67 Å². The number of nitrogens with zero attached hydrogens (tertiary/aromatic N) is 4. The first-order chi connectivity index (χ1) is 13.8. The van der Waals surface area contributed by atoms with E-state index in [-0.39, 0.29) is 12.2 Å². The molecule has 3 aliphatic heterocycles. The highest BCUT2D eigenvalue weighted by Crippen LogP contribution is 2.30. The van der Waals surface area contributed by atoms with Crippen LogP contribution in [0.25, 0.3) is 17.1 Å². The average Bonchev–Trinajstić information content (AvgIpc) is 2.89. The van der Waals surface area contributed by atoms with Crippen LogP contribution in [0.15, 0.2) is 40.3 Å². The second-order valence-corrected chi connectivity index (χ2v) is 8.25. The van der Waals surface area contributed by atoms with Crippen molar-refractivity contribution in [2.24, 2.45) is 0 Å². The Bertz CT molecular complexity index is 951. The molecule has 0 aliphatic carbocycles. The zero-order valence-corrected chi connectivity index (χ0v) is 16.8. The Hall–Kier alpha value is -2.12. The summed E-state index contributed by atoms with van der Waals surface area (Å²) in [6, 6.07) is 9.56. The molecule has 1 aromatic carbocycles. The summed E-state index contributed by atoms with van der Waals surface area (Å²) in [6.07, 6.45) is 7.19. The Morgan fingerprint density at radius 1 is 1.07 bits per heavy atom. The van der Waals surface area contributed by atoms with Gasteiger partial charge in [0.1, 0.15) is 5.56 Å². The van der Waals surface area contributed by atoms with E-state index in [1.807, 2.05) is 30.3 Å². The molecule has 0 radical (unpaired) electrons. The van der Waals surface area contributed by atoms with Gasteiger partial charge in [-0.15, -0.1) is 5.10 Å². The van der Waals surface area contributed by atoms with Gasteiger partial charge in [-0.05, 0) is 44.2 Å². The van der Waals surface area contributed by atoms with E-state index in [4.69, 9.17) is 10.1 Å². The minimum absolute atomic E-state index is 0.0705. The van der Waals surface area contributed by atoms with E-state index in [9.17, 15) is 4.79 Å². The van der Waals surface area contributed by atoms with Gasteiger partial charge in [-0.3, -0.25) is 4.79 Å². The Morgan fingerprint density at radius 2 is 1.93 bits per heavy atom. The van der Waals surface area contributed by atoms with Crippen molar-refractivity contribution in [3.8, 4) is 17.1 Å². The summed E-state index contributed by atoms with van der Waals surface area (Å²) in [6.45, 7) is 1.16. The molecule has 148 valence electrons. The third-order valence-corrected chi connectivity index (χ3v) is 6.26. The van der Waals surface area contributed by atoms with Crippen molar-refractivity contribution in [1.29, 1.82) is 0 Å². The number of hydrogen-bond donors (Lipinski definition) is 1. The van der Waals surface area contributed by atoms with Crippen LogP contribution in [0.1, 0.15) is 44.2 Å². The molecule has 3 heterocycles. The van der Waals surface area contributed by atoms with Crippen LogP contribution < -0.4 is 5.56 Å². The van der Waals surface area contributed by atoms with E-state index in [0.29, 0.717) is 11.4 Å². The first-order valence-electron chi connectivity index (χ1n) is 10.1. The van der Waals surface area contributed by atoms with Gasteiger partial charge in [0.2, 0.25) is 0 Å². The van der Waals surface area contributed by atoms with Crippen molar-refractivity contribution < 1.29 is 5.11 Å². The number of thioether (sulfide) groups is 1. The lowest BCUT2D eigenvalue weighted by atomic mass is 10.1. The van der Waals surface area contributed by atoms with Crippen molar-refractivity contribution in [1.82, 2.24) is 19.3 Å². The zero-order chi connectivity index (χ0) is 19.3. The first kappa shape index (κ1) is 19.2. The van der Waals surface area contributed by atoms with Gasteiger partial charge in [0.15, 0.2) is 11.0 Å². The maximum absolute atomic E-state index is 13.2. The molecule has 1 aromatic rings. The van der Waals surface area contributed by atoms with Crippen LogP contribution in [0.2, 0.25) is 0 Å². The normalized spacial score (nSPS) is 14.2. The Balaban J connectivity index is 1.75. The van der Waals surface area contributed by atoms with Crippen molar-refractivity contribution in [2.45, 2.75) is 56.6 Å². The molecule has 3 aliphatic rings. The average molecular weight is 399 g/mol. The number of aromatic nitrogens is 4. The highest BCUT2D eigenvalue weighted by Gasteiger charge is 2.26. The molecule has 0 amide bonds. The molecule has 1 N–H and O–H groups in total. The summed E-state index contributed by atoms with van der Waals surface area (Å²) in [5.74, 6) is 1.52. The molecule has 7 heteroatoms. The van der Waals surface area contributed by atoms with Crippen LogP contribution in [-0.4, -0.2) is 36.8 Å². The van der Waals surface area contributed by atoms with Gasteiger partial charge in [0, 0.05) is 24.6 Å². The van der Waals surface area contributed by atoms with Gasteiger partial charge in [-0.25, -0.2) is 4.98 Å². The molecular formula is C21H26N4O2S. The van der Waals surface area contributed by atoms with Gasteiger partial charge < -0.3 is 9.67 Å². The highest BCUT2D eigenvalue weighted by molar-refractivity contribution is 7.99. The van der Waals surface area contributed by atoms with Crippen LogP contribution in [-0.2, 0) is 13.0 Å². The Kier molecular flexibility index (Phi) is 6.12. The van der Waals surface area contributed by atoms with E-state index in [0.717, 1.165) is 67.4 Å². The predicted octanol–water partition coefficient (Wildman–Crippen LogP) is 3.51. The molecule has 28 heavy (non-hydrogen) atoms. The molecule has 0 atom stereocenters. The summed E-state index contributed by atoms with van der Waals surface area (Å²) in [5, 5.41) is 14.5. The summed E-state index contributed by atoms with van der Waals surface area (Å²) < 4.78 is 3.74. The predicted molar refractivity (Wildman–Crippen MR) is 111 cm³/mol. The molecule has 0 aromatic heterocycles. The number of aliphatic hydroxyl groups is 1. The lowest BCUT2D eigenvalue weighted by Crippen LogP contribution is -2.19. The third kappa shape index (κ3) is 3.86. The highest BCUT2D eigenvalue weighted by atomic mass is 32.2. The smallest absolute Gasteiger partial charge is 0.284 e. The van der Waals surface area contributed by atoms with Crippen molar-refractivity contribution in [3.63, 3.8) is 0 Å². The quantitative estimate of drug-likeness (QED) is 0.375. The number of rotatable bonds is 7. The third-order valence-electron chi connectivity index (χ3n) is 5.20. The molecule has 0 saturated carbocycles. The number of fused-ring (bicyclic) bond motifs is 3. The van der Waals surface area contributed by atoms with Gasteiger partial charge >= 0.3 is 0 Å². The standard InChI is InChI=1S/C21H26N4O2S/c26-14-8-3-9-15-28-21-22-19-18(17-12-6-2-7-13-24(17)21)20(27)25(23-19)16-10-4-1-5-11-16/h1,4-5,10-11,26H,2-3,6-9,12-15H2. The Labute approximate surface area is 169 Å². The number of hydrogen-bond acceptors (Lipinski definition) is 5. The van der Waals surface area contributed by atoms with Crippen LogP contribution in [0, 0.1) is 0 Å². The minimum Gasteiger partial charge on any atom is -0.396 e. The van der Waals surface area contributed by atoms with E-state index >= 15 is 0 Å². The molecule has 0 spiro atoms. The fourth-order valence-electron chi connectivity index (χ4n) is 3.76. The molecule has 0 saturated heterocycles. The van der Waals surface area contributed by atoms with Gasteiger partial charge in [0.05, 0.1) is 5.69 Å². The fourth-order valence-corrected chi connectivity index (χ4v) is 4.80. The second kappa shape index (κ2) is 8.92. The van der Waals surface area contributed by atoms with Crippen LogP contribution in [0.4, 0.5) is 0 Å². The monoisotopic (exact) mass is 398 g/mol. The fraction of sp³-hybridized carbons (Fsp3) is 0.476. The molecule has 0 fully saturated rings. The van der Waals surface area contributed by atoms with Crippen molar-refractivity contribution >= 4 is 11.8 Å². The lowest BCUT2D eigenvalue weighted by Gasteiger charge is -2.17. The molecule has 0 unspecified atom stereocenters. The van der Waals surface area contributed by atoms with E-state index < -0.39 is 0 Å². The summed E-state index contributed by atoms with van der Waals surface area (Å²) >= 11 is 1.74. The van der Waals surface area contributed by atoms with Crippen molar-refractivity contribution in [3.05, 3.63) is 46.4 Å². The first-order valence-corrected chi connectivity index (χ1v) is 11.1. The minimum atomic E-state index is -0.0705. The topological polar surface area (TPSA) is 72.9 Å². The second-order valence-electron chi connectivity index (χ2n) is 7.19. The number of para-hydroxylation sites is 1. The SMILES string of the molecule is O=c1c2c3n(c(SCCCCCO)nc-2nn1-c1ccccc1)CCCCC3. The summed E-state index contributed by atoms with van der Waals surface area (Å²) in [5.41, 5.74) is 2.47. The molecule has 4 rings (SSSR count). The number of aliphatic hydroxyl groups excluding tert-OH is 1. The largest absolute Gasteiger partial charge is 0.396 e. The summed E-state index contributed by atoms with van der Waals surface area (Å²) in [4.78, 5) is 18.0. The van der Waals surface area contributed by atoms with Crippen LogP contribution >= 0.6 is 11.8 Å². The number of unbranched alkanes of at least 4 members (excludes halogenated alkanes) is 2. The molecular weight excluding hydrogens is 372 g/mol. The number of benzene rings is 1. The van der Waals surface area contributed by atoms with Gasteiger partial charge in [-0.1, -0.05) is 42.8 Å². The zero-order valence-electron chi connectivity index (χ0n) is 16.0. The van der Waals surface area contributed by atoms with E-state index in [1.165, 1.54) is 11.1 Å². The summed E-state index contributed by atoms with van der Waals surface area (Å²) in [7, 11) is 0. The maximum atomic E-state index is 13.2. The Morgan fingerprint density at radius 3 is 2.75 bits per heavy atom. The van der Waals surface area contributed by atoms with E-state index in [1.54, 1.807) is 11.8 Å². The lowest BCUT2D eigenvalue weighted by molar-refractivity contribution is 0.284. The maximum Gasteiger partial charge on any atom is 0.284 e. The van der Waals surface area contributed by atoms with Gasteiger partial charge in [0.25, 0.3) is 5.56 Å². The molecule has 6 nitrogen and oxygen atoms in total. The van der Waals surface area contributed by atoms with Crippen LogP contribution in [0.5, 0.6) is 0 Å². The van der Waals surface area contributed by atoms with Crippen LogP contribution in [0.3, 0.4) is 0 Å². The molecule has 0 bridgehead atoms. The van der Waals surface area contributed by atoms with Crippen molar-refractivity contribution in [2.75, 3.05) is 12.4 Å². The van der Waals surface area contributed by atoms with Gasteiger partial charge in [-0.2, -0.15) is 4.68 Å².